The lowest BCUT2D eigenvalue weighted by Gasteiger charge is -2.28. The van der Waals surface area contributed by atoms with E-state index in [4.69, 9.17) is 9.47 Å². The number of ether oxygens (including phenoxy) is 2. The Hall–Kier alpha value is -3.48. The first-order valence-electron chi connectivity index (χ1n) is 11.6. The topological polar surface area (TPSA) is 81.5 Å². The average molecular weight is 463 g/mol. The molecule has 0 bridgehead atoms. The number of carbonyl (C=O) groups is 1. The second-order valence-electron chi connectivity index (χ2n) is 9.17. The zero-order valence-corrected chi connectivity index (χ0v) is 19.2. The van der Waals surface area contributed by atoms with Crippen LogP contribution in [0.2, 0.25) is 0 Å². The molecule has 1 fully saturated rings. The Morgan fingerprint density at radius 2 is 1.97 bits per heavy atom. The molecule has 1 aliphatic carbocycles. The van der Waals surface area contributed by atoms with E-state index in [0.29, 0.717) is 28.6 Å². The van der Waals surface area contributed by atoms with Gasteiger partial charge in [0.25, 0.3) is 0 Å². The first-order chi connectivity index (χ1) is 16.4. The number of carboxylic acid groups (broad SMARTS) is 1. The van der Waals surface area contributed by atoms with Gasteiger partial charge >= 0.3 is 5.97 Å². The normalized spacial score (nSPS) is 19.0. The van der Waals surface area contributed by atoms with Crippen molar-refractivity contribution in [2.24, 2.45) is 11.8 Å². The van der Waals surface area contributed by atoms with Crippen molar-refractivity contribution < 1.29 is 23.8 Å². The van der Waals surface area contributed by atoms with Gasteiger partial charge in [0.15, 0.2) is 0 Å². The number of aromatic nitrogens is 2. The Kier molecular flexibility index (Phi) is 5.94. The van der Waals surface area contributed by atoms with E-state index in [1.54, 1.807) is 31.5 Å². The molecule has 7 heteroatoms. The number of halogens is 1. The van der Waals surface area contributed by atoms with Crippen molar-refractivity contribution in [3.05, 3.63) is 71.4 Å². The number of benzene rings is 2. The summed E-state index contributed by atoms with van der Waals surface area (Å²) >= 11 is 0. The minimum atomic E-state index is -0.767. The van der Waals surface area contributed by atoms with Gasteiger partial charge in [-0.3, -0.25) is 14.8 Å². The lowest BCUT2D eigenvalue weighted by atomic mass is 9.82. The maximum atomic E-state index is 14.3. The van der Waals surface area contributed by atoms with Crippen molar-refractivity contribution in [3.8, 4) is 22.8 Å². The molecule has 2 aromatic carbocycles. The summed E-state index contributed by atoms with van der Waals surface area (Å²) in [6.07, 6.45) is 6.64. The quantitative estimate of drug-likeness (QED) is 0.494. The highest BCUT2D eigenvalue weighted by Crippen LogP contribution is 2.48. The molecule has 1 N–H and O–H groups in total. The predicted molar refractivity (Wildman–Crippen MR) is 124 cm³/mol. The van der Waals surface area contributed by atoms with Crippen LogP contribution in [0.3, 0.4) is 0 Å². The number of carboxylic acids is 1. The first kappa shape index (κ1) is 22.3. The molecule has 1 saturated carbocycles. The fourth-order valence-corrected chi connectivity index (χ4v) is 4.85. The Balaban J connectivity index is 1.37. The highest BCUT2D eigenvalue weighted by molar-refractivity contribution is 5.71. The Bertz CT molecular complexity index is 1210. The summed E-state index contributed by atoms with van der Waals surface area (Å²) in [5.41, 5.74) is 3.57. The molecule has 1 unspecified atom stereocenters. The predicted octanol–water partition coefficient (Wildman–Crippen LogP) is 5.57. The molecule has 1 aromatic heterocycles. The molecule has 0 radical (unpaired) electrons. The minimum absolute atomic E-state index is 0.0105. The molecule has 0 saturated heterocycles. The van der Waals surface area contributed by atoms with Gasteiger partial charge in [0.05, 0.1) is 36.8 Å². The molecule has 1 aliphatic heterocycles. The highest BCUT2D eigenvalue weighted by atomic mass is 19.1. The molecule has 2 heterocycles. The first-order valence-corrected chi connectivity index (χ1v) is 11.6. The van der Waals surface area contributed by atoms with E-state index < -0.39 is 11.9 Å². The van der Waals surface area contributed by atoms with Crippen molar-refractivity contribution in [1.82, 2.24) is 9.97 Å². The number of hydrogen-bond donors (Lipinski definition) is 1. The van der Waals surface area contributed by atoms with E-state index in [1.807, 2.05) is 6.07 Å². The summed E-state index contributed by atoms with van der Waals surface area (Å²) in [5.74, 6) is 0.131. The van der Waals surface area contributed by atoms with E-state index in [1.165, 1.54) is 13.2 Å². The number of methoxy groups -OCH3 is 1. The molecule has 34 heavy (non-hydrogen) atoms. The van der Waals surface area contributed by atoms with Crippen LogP contribution in [-0.2, 0) is 11.2 Å². The monoisotopic (exact) mass is 462 g/mol. The lowest BCUT2D eigenvalue weighted by molar-refractivity contribution is -0.142. The van der Waals surface area contributed by atoms with Crippen molar-refractivity contribution in [2.75, 3.05) is 7.11 Å². The van der Waals surface area contributed by atoms with E-state index in [-0.39, 0.29) is 17.8 Å². The van der Waals surface area contributed by atoms with Crippen molar-refractivity contribution in [3.63, 3.8) is 0 Å². The molecule has 3 aromatic rings. The zero-order chi connectivity index (χ0) is 23.8. The van der Waals surface area contributed by atoms with Crippen LogP contribution in [0.15, 0.2) is 48.8 Å². The summed E-state index contributed by atoms with van der Waals surface area (Å²) in [5, 5.41) is 9.59. The van der Waals surface area contributed by atoms with Crippen LogP contribution in [0.4, 0.5) is 4.39 Å². The molecular weight excluding hydrogens is 435 g/mol. The molecule has 176 valence electrons. The lowest BCUT2D eigenvalue weighted by Crippen LogP contribution is -2.21. The fraction of sp³-hybridized carbons (Fsp3) is 0.370. The van der Waals surface area contributed by atoms with E-state index in [9.17, 15) is 14.3 Å². The van der Waals surface area contributed by atoms with Crippen molar-refractivity contribution >= 4 is 5.97 Å². The van der Waals surface area contributed by atoms with Crippen LogP contribution in [0.25, 0.3) is 11.3 Å². The van der Waals surface area contributed by atoms with E-state index in [2.05, 4.69) is 22.1 Å². The second-order valence-corrected chi connectivity index (χ2v) is 9.17. The maximum absolute atomic E-state index is 14.3. The SMILES string of the molecule is COc1ccc(F)c(-c2cnc(C3CCc4ccc([C@H](C5CC5)[C@H](C)C(=O)O)cc4O3)cn2)c1. The summed E-state index contributed by atoms with van der Waals surface area (Å²) in [4.78, 5) is 20.6. The Morgan fingerprint density at radius 3 is 2.65 bits per heavy atom. The van der Waals surface area contributed by atoms with Gasteiger partial charge in [-0.2, -0.15) is 0 Å². The number of nitrogens with zero attached hydrogens (tertiary/aromatic N) is 2. The van der Waals surface area contributed by atoms with Crippen LogP contribution >= 0.6 is 0 Å². The number of rotatable bonds is 7. The molecule has 2 aliphatic rings. The molecule has 5 rings (SSSR count). The number of aryl methyl sites for hydroxylation is 1. The minimum Gasteiger partial charge on any atom is -0.497 e. The Labute approximate surface area is 197 Å². The molecular formula is C27H27FN2O4. The van der Waals surface area contributed by atoms with Gasteiger partial charge in [0.2, 0.25) is 0 Å². The standard InChI is InChI=1S/C27H27FN2O4/c1-15(27(31)32)26(17-4-5-17)18-6-3-16-7-10-24(34-25(16)11-18)23-14-29-22(13-30-23)20-12-19(33-2)8-9-21(20)28/h3,6,8-9,11-15,17,24,26H,4-5,7,10H2,1-2H3,(H,31,32)/t15-,24?,26-/m0/s1. The van der Waals surface area contributed by atoms with Gasteiger partial charge in [0.1, 0.15) is 23.4 Å². The molecule has 0 amide bonds. The van der Waals surface area contributed by atoms with Gasteiger partial charge in [-0.25, -0.2) is 4.39 Å². The average Bonchev–Trinajstić information content (AvgIpc) is 3.69. The summed E-state index contributed by atoms with van der Waals surface area (Å²) < 4.78 is 25.8. The van der Waals surface area contributed by atoms with Crippen LogP contribution < -0.4 is 9.47 Å². The van der Waals surface area contributed by atoms with Gasteiger partial charge in [-0.1, -0.05) is 19.1 Å². The Morgan fingerprint density at radius 1 is 1.15 bits per heavy atom. The van der Waals surface area contributed by atoms with Gasteiger partial charge in [0, 0.05) is 5.56 Å². The molecule has 6 nitrogen and oxygen atoms in total. The van der Waals surface area contributed by atoms with Crippen LogP contribution in [0.5, 0.6) is 11.5 Å². The highest BCUT2D eigenvalue weighted by Gasteiger charge is 2.39. The van der Waals surface area contributed by atoms with Crippen molar-refractivity contribution in [1.29, 1.82) is 0 Å². The fourth-order valence-electron chi connectivity index (χ4n) is 4.85. The molecule has 0 spiro atoms. The number of aliphatic carboxylic acids is 1. The summed E-state index contributed by atoms with van der Waals surface area (Å²) in [7, 11) is 1.53. The maximum Gasteiger partial charge on any atom is 0.306 e. The van der Waals surface area contributed by atoms with Crippen LogP contribution in [-0.4, -0.2) is 28.2 Å². The smallest absolute Gasteiger partial charge is 0.306 e. The number of hydrogen-bond acceptors (Lipinski definition) is 5. The summed E-state index contributed by atoms with van der Waals surface area (Å²) in [6, 6.07) is 10.6. The summed E-state index contributed by atoms with van der Waals surface area (Å²) in [6.45, 7) is 1.79. The number of fused-ring (bicyclic) bond motifs is 1. The third kappa shape index (κ3) is 4.34. The van der Waals surface area contributed by atoms with Gasteiger partial charge in [-0.05, 0) is 72.9 Å². The second kappa shape index (κ2) is 9.05. The third-order valence-corrected chi connectivity index (χ3v) is 6.93. The van der Waals surface area contributed by atoms with Gasteiger partial charge < -0.3 is 14.6 Å². The van der Waals surface area contributed by atoms with E-state index in [0.717, 1.165) is 42.6 Å². The van der Waals surface area contributed by atoms with E-state index >= 15 is 0 Å². The largest absolute Gasteiger partial charge is 0.497 e. The van der Waals surface area contributed by atoms with Crippen LogP contribution in [0.1, 0.15) is 55.0 Å². The zero-order valence-electron chi connectivity index (χ0n) is 19.2. The third-order valence-electron chi connectivity index (χ3n) is 6.93. The van der Waals surface area contributed by atoms with Crippen LogP contribution in [0, 0.1) is 17.7 Å². The molecule has 3 atom stereocenters. The van der Waals surface area contributed by atoms with Crippen molar-refractivity contribution in [2.45, 2.75) is 44.6 Å². The van der Waals surface area contributed by atoms with Gasteiger partial charge in [-0.15, -0.1) is 0 Å².